The molecule has 66 valence electrons. The highest BCUT2D eigenvalue weighted by molar-refractivity contribution is 4.45. The van der Waals surface area contributed by atoms with Gasteiger partial charge in [-0.05, 0) is 0 Å². The van der Waals surface area contributed by atoms with E-state index in [2.05, 4.69) is 5.28 Å². The van der Waals surface area contributed by atoms with E-state index in [-0.39, 0.29) is 4.97 Å². The van der Waals surface area contributed by atoms with Crippen molar-refractivity contribution in [3.8, 4) is 0 Å². The fraction of sp³-hybridized carbons (Fsp3) is 1.00. The molecule has 0 aromatic heterocycles. The van der Waals surface area contributed by atoms with Crippen molar-refractivity contribution in [3.05, 3.63) is 5.21 Å². The maximum Gasteiger partial charge on any atom is 0.230 e. The Balaban J connectivity index is 3.87. The average Bonchev–Trinajstić information content (AvgIpc) is 2.03. The minimum atomic E-state index is 0.0692. The molecule has 0 aliphatic rings. The molecule has 5 N–H and O–H groups in total. The molecular weight excluding hydrogens is 150 g/mol. The molecule has 0 aliphatic heterocycles. The van der Waals surface area contributed by atoms with E-state index >= 15 is 0 Å². The van der Waals surface area contributed by atoms with Crippen LogP contribution in [-0.4, -0.2) is 41.4 Å². The molecule has 0 aliphatic carbocycles. The number of hydrogen-bond acceptors (Lipinski definition) is 4. The molecule has 0 bridgehead atoms. The molecule has 0 spiro atoms. The van der Waals surface area contributed by atoms with Gasteiger partial charge in [0, 0.05) is 13.1 Å². The summed E-state index contributed by atoms with van der Waals surface area (Å²) in [5.74, 6) is 0. The Morgan fingerprint density at radius 1 is 1.36 bits per heavy atom. The van der Waals surface area contributed by atoms with E-state index in [1.807, 2.05) is 0 Å². The van der Waals surface area contributed by atoms with Gasteiger partial charge in [0.2, 0.25) is 5.28 Å². The predicted molar refractivity (Wildman–Crippen MR) is 37.5 cm³/mol. The smallest absolute Gasteiger partial charge is 0.230 e. The summed E-state index contributed by atoms with van der Waals surface area (Å²) in [5.41, 5.74) is 10.4. The number of rotatable bonds is 5. The van der Waals surface area contributed by atoms with Crippen molar-refractivity contribution >= 4 is 0 Å². The number of hydrogen-bond donors (Lipinski definition) is 3. The zero-order valence-corrected chi connectivity index (χ0v) is 6.18. The zero-order valence-electron chi connectivity index (χ0n) is 6.18. The summed E-state index contributed by atoms with van der Waals surface area (Å²) in [7, 11) is 0. The lowest BCUT2D eigenvalue weighted by Gasteiger charge is -2.14. The molecule has 0 fully saturated rings. The molecule has 0 atom stereocenters. The van der Waals surface area contributed by atoms with Crippen molar-refractivity contribution in [2.45, 2.75) is 0 Å². The fourth-order valence-corrected chi connectivity index (χ4v) is 0.638. The van der Waals surface area contributed by atoms with Crippen LogP contribution in [0, 0.1) is 5.21 Å². The van der Waals surface area contributed by atoms with Gasteiger partial charge in [-0.3, -0.25) is 0 Å². The molecule has 7 nitrogen and oxygen atoms in total. The summed E-state index contributed by atoms with van der Waals surface area (Å²) >= 11 is 0. The van der Waals surface area contributed by atoms with Gasteiger partial charge in [-0.15, -0.1) is 5.01 Å². The first-order valence-corrected chi connectivity index (χ1v) is 3.23. The van der Waals surface area contributed by atoms with Gasteiger partial charge < -0.3 is 21.9 Å². The average molecular weight is 163 g/mol. The molecule has 0 radical (unpaired) electrons. The Labute approximate surface area is 64.4 Å². The van der Waals surface area contributed by atoms with Crippen molar-refractivity contribution < 1.29 is 10.2 Å². The molecule has 11 heavy (non-hydrogen) atoms. The summed E-state index contributed by atoms with van der Waals surface area (Å²) in [4.78, 5) is 0.0692. The van der Waals surface area contributed by atoms with Crippen molar-refractivity contribution in [1.82, 2.24) is 5.01 Å². The van der Waals surface area contributed by atoms with Gasteiger partial charge in [-0.25, -0.2) is 0 Å². The highest BCUT2D eigenvalue weighted by atomic mass is 16.6. The highest BCUT2D eigenvalue weighted by Crippen LogP contribution is 1.86. The first kappa shape index (κ1) is 9.92. The van der Waals surface area contributed by atoms with Crippen LogP contribution in [0.5, 0.6) is 0 Å². The van der Waals surface area contributed by atoms with E-state index in [0.717, 1.165) is 0 Å². The Kier molecular flexibility index (Phi) is 5.13. The Morgan fingerprint density at radius 3 is 2.09 bits per heavy atom. The second-order valence-corrected chi connectivity index (χ2v) is 1.87. The van der Waals surface area contributed by atoms with Gasteiger partial charge in [-0.2, -0.15) is 0 Å². The van der Waals surface area contributed by atoms with Crippen molar-refractivity contribution in [3.63, 3.8) is 0 Å². The minimum Gasteiger partial charge on any atom is -0.569 e. The molecular formula is C4H13N5O2. The van der Waals surface area contributed by atoms with Gasteiger partial charge in [0.15, 0.2) is 0 Å². The Morgan fingerprint density at radius 2 is 1.82 bits per heavy atom. The van der Waals surface area contributed by atoms with Crippen LogP contribution in [0.15, 0.2) is 5.28 Å². The van der Waals surface area contributed by atoms with E-state index < -0.39 is 0 Å². The van der Waals surface area contributed by atoms with Crippen molar-refractivity contribution in [1.29, 1.82) is 0 Å². The molecule has 0 rings (SSSR count). The van der Waals surface area contributed by atoms with E-state index in [1.54, 1.807) is 0 Å². The van der Waals surface area contributed by atoms with E-state index in [1.165, 1.54) is 5.01 Å². The Bertz CT molecular complexity index is 122. The predicted octanol–water partition coefficient (Wildman–Crippen LogP) is -1.53. The SMILES string of the molecule is NCCN(CCN)[N+]([O-])=NO. The molecule has 0 amide bonds. The summed E-state index contributed by atoms with van der Waals surface area (Å²) in [6, 6.07) is 0. The van der Waals surface area contributed by atoms with Gasteiger partial charge in [0.05, 0.1) is 18.1 Å². The second kappa shape index (κ2) is 5.69. The van der Waals surface area contributed by atoms with Gasteiger partial charge in [-0.1, -0.05) is 0 Å². The third-order valence-corrected chi connectivity index (χ3v) is 1.09. The van der Waals surface area contributed by atoms with E-state index in [9.17, 15) is 5.21 Å². The summed E-state index contributed by atoms with van der Waals surface area (Å²) < 4.78 is 0. The van der Waals surface area contributed by atoms with Crippen LogP contribution < -0.4 is 11.5 Å². The van der Waals surface area contributed by atoms with Crippen LogP contribution in [0.25, 0.3) is 0 Å². The standard InChI is InChI=1S/C4H13N5O2/c5-1-3-8(4-2-6)9(11)7-10/h10H,1-6H2. The Hall–Kier alpha value is -1.08. The van der Waals surface area contributed by atoms with E-state index in [0.29, 0.717) is 26.2 Å². The lowest BCUT2D eigenvalue weighted by Crippen LogP contribution is -2.38. The molecule has 0 unspecified atom stereocenters. The third kappa shape index (κ3) is 3.58. The quantitative estimate of drug-likeness (QED) is 0.258. The van der Waals surface area contributed by atoms with Crippen LogP contribution in [0.2, 0.25) is 0 Å². The molecule has 0 saturated heterocycles. The molecule has 0 saturated carbocycles. The summed E-state index contributed by atoms with van der Waals surface area (Å²) in [6.07, 6.45) is 0. The number of hydrazine groups is 1. The first-order chi connectivity index (χ1) is 5.26. The second-order valence-electron chi connectivity index (χ2n) is 1.87. The normalized spacial score (nSPS) is 11.6. The lowest BCUT2D eigenvalue weighted by molar-refractivity contribution is -0.708. The van der Waals surface area contributed by atoms with Crippen molar-refractivity contribution in [2.24, 2.45) is 16.7 Å². The van der Waals surface area contributed by atoms with Crippen molar-refractivity contribution in [2.75, 3.05) is 26.2 Å². The number of nitrogens with zero attached hydrogens (tertiary/aromatic N) is 3. The monoisotopic (exact) mass is 163 g/mol. The maximum atomic E-state index is 10.6. The molecule has 0 aromatic rings. The molecule has 0 heterocycles. The summed E-state index contributed by atoms with van der Waals surface area (Å²) in [6.45, 7) is 1.28. The van der Waals surface area contributed by atoms with Gasteiger partial charge >= 0.3 is 0 Å². The third-order valence-electron chi connectivity index (χ3n) is 1.09. The van der Waals surface area contributed by atoms with Crippen LogP contribution in [0.3, 0.4) is 0 Å². The molecule has 0 aromatic carbocycles. The lowest BCUT2D eigenvalue weighted by atomic mass is 10.5. The molecule has 7 heteroatoms. The van der Waals surface area contributed by atoms with Crippen LogP contribution in [0.4, 0.5) is 0 Å². The minimum absolute atomic E-state index is 0.0692. The van der Waals surface area contributed by atoms with Crippen LogP contribution in [0.1, 0.15) is 0 Å². The van der Waals surface area contributed by atoms with Gasteiger partial charge in [0.25, 0.3) is 0 Å². The van der Waals surface area contributed by atoms with Crippen LogP contribution >= 0.6 is 0 Å². The van der Waals surface area contributed by atoms with Gasteiger partial charge in [0.1, 0.15) is 0 Å². The maximum absolute atomic E-state index is 10.6. The topological polar surface area (TPSA) is 114 Å². The summed E-state index contributed by atoms with van der Waals surface area (Å²) in [5, 5.41) is 22.3. The zero-order chi connectivity index (χ0) is 8.69. The first-order valence-electron chi connectivity index (χ1n) is 3.23. The van der Waals surface area contributed by atoms with Crippen LogP contribution in [-0.2, 0) is 0 Å². The van der Waals surface area contributed by atoms with E-state index in [4.69, 9.17) is 16.7 Å². The highest BCUT2D eigenvalue weighted by Gasteiger charge is 2.09. The number of nitrogens with two attached hydrogens (primary N) is 2. The fourth-order valence-electron chi connectivity index (χ4n) is 0.638. The largest absolute Gasteiger partial charge is 0.569 e.